The Morgan fingerprint density at radius 3 is 2.25 bits per heavy atom. The molecule has 0 spiro atoms. The first-order chi connectivity index (χ1) is 9.47. The molecular formula is C15H18F3NO. The van der Waals surface area contributed by atoms with Crippen molar-refractivity contribution in [3.05, 3.63) is 35.1 Å². The van der Waals surface area contributed by atoms with E-state index in [1.165, 1.54) is 0 Å². The minimum absolute atomic E-state index is 0.189. The first-order valence-corrected chi connectivity index (χ1v) is 6.90. The molecule has 110 valence electrons. The average Bonchev–Trinajstić information content (AvgIpc) is 2.43. The molecule has 1 aliphatic rings. The predicted octanol–water partition coefficient (Wildman–Crippen LogP) is 3.66. The average molecular weight is 285 g/mol. The Labute approximate surface area is 116 Å². The Kier molecular flexibility index (Phi) is 4.68. The Morgan fingerprint density at radius 2 is 1.70 bits per heavy atom. The number of benzene rings is 1. The molecule has 1 aromatic carbocycles. The van der Waals surface area contributed by atoms with E-state index in [0.717, 1.165) is 43.7 Å². The van der Waals surface area contributed by atoms with Gasteiger partial charge in [0.1, 0.15) is 0 Å². The molecule has 0 aliphatic heterocycles. The number of rotatable bonds is 3. The summed E-state index contributed by atoms with van der Waals surface area (Å²) in [4.78, 5) is 11.8. The maximum Gasteiger partial charge on any atom is 0.251 e. The largest absolute Gasteiger partial charge is 0.352 e. The van der Waals surface area contributed by atoms with Crippen LogP contribution in [-0.4, -0.2) is 12.5 Å². The topological polar surface area (TPSA) is 29.1 Å². The van der Waals surface area contributed by atoms with Gasteiger partial charge in [0.2, 0.25) is 0 Å². The Bertz CT molecular complexity index is 473. The van der Waals surface area contributed by atoms with Crippen molar-refractivity contribution < 1.29 is 18.0 Å². The van der Waals surface area contributed by atoms with Crippen LogP contribution in [0.25, 0.3) is 0 Å². The molecule has 1 amide bonds. The van der Waals surface area contributed by atoms with Crippen LogP contribution in [0.1, 0.15) is 43.0 Å². The first kappa shape index (κ1) is 14.9. The molecule has 1 fully saturated rings. The highest BCUT2D eigenvalue weighted by Gasteiger charge is 2.20. The number of hydrogen-bond acceptors (Lipinski definition) is 1. The second-order valence-electron chi connectivity index (χ2n) is 5.59. The molecule has 2 rings (SSSR count). The zero-order valence-corrected chi connectivity index (χ0v) is 11.4. The number of halogens is 3. The lowest BCUT2D eigenvalue weighted by Gasteiger charge is -2.26. The molecule has 0 saturated heterocycles. The Morgan fingerprint density at radius 1 is 1.15 bits per heavy atom. The van der Waals surface area contributed by atoms with Gasteiger partial charge in [-0.25, -0.2) is 13.2 Å². The standard InChI is InChI=1S/C15H18F3NO/c1-9-2-4-10(5-3-9)8-19-15(20)11-6-12(16)14(18)13(17)7-11/h6-7,9-10H,2-5,8H2,1H3,(H,19,20). The molecule has 5 heteroatoms. The lowest BCUT2D eigenvalue weighted by molar-refractivity contribution is 0.0940. The predicted molar refractivity (Wildman–Crippen MR) is 69.8 cm³/mol. The van der Waals surface area contributed by atoms with E-state index < -0.39 is 23.4 Å². The summed E-state index contributed by atoms with van der Waals surface area (Å²) in [5, 5.41) is 2.66. The normalized spacial score (nSPS) is 22.6. The van der Waals surface area contributed by atoms with Gasteiger partial charge in [-0.3, -0.25) is 4.79 Å². The SMILES string of the molecule is CC1CCC(CNC(=O)c2cc(F)c(F)c(F)c2)CC1. The third-order valence-electron chi connectivity index (χ3n) is 3.93. The van der Waals surface area contributed by atoms with E-state index in [1.54, 1.807) is 0 Å². The molecule has 0 radical (unpaired) electrons. The molecule has 1 saturated carbocycles. The van der Waals surface area contributed by atoms with Crippen LogP contribution in [0, 0.1) is 29.3 Å². The minimum Gasteiger partial charge on any atom is -0.352 e. The van der Waals surface area contributed by atoms with Gasteiger partial charge >= 0.3 is 0 Å². The summed E-state index contributed by atoms with van der Waals surface area (Å²) in [5.74, 6) is -3.68. The third-order valence-corrected chi connectivity index (χ3v) is 3.93. The van der Waals surface area contributed by atoms with Gasteiger partial charge in [-0.1, -0.05) is 19.8 Å². The van der Waals surface area contributed by atoms with Gasteiger partial charge in [-0.15, -0.1) is 0 Å². The Balaban J connectivity index is 1.92. The molecule has 0 heterocycles. The number of nitrogens with one attached hydrogen (secondary N) is 1. The summed E-state index contributed by atoms with van der Waals surface area (Å²) in [7, 11) is 0. The van der Waals surface area contributed by atoms with Gasteiger partial charge < -0.3 is 5.32 Å². The van der Waals surface area contributed by atoms with Crippen LogP contribution in [0.5, 0.6) is 0 Å². The smallest absolute Gasteiger partial charge is 0.251 e. The summed E-state index contributed by atoms with van der Waals surface area (Å²) < 4.78 is 38.9. The minimum atomic E-state index is -1.55. The van der Waals surface area contributed by atoms with Crippen molar-refractivity contribution in [3.63, 3.8) is 0 Å². The Hall–Kier alpha value is -1.52. The molecular weight excluding hydrogens is 267 g/mol. The van der Waals surface area contributed by atoms with E-state index in [4.69, 9.17) is 0 Å². The van der Waals surface area contributed by atoms with E-state index in [2.05, 4.69) is 12.2 Å². The van der Waals surface area contributed by atoms with Crippen molar-refractivity contribution in [2.75, 3.05) is 6.54 Å². The van der Waals surface area contributed by atoms with Crippen molar-refractivity contribution in [2.24, 2.45) is 11.8 Å². The molecule has 1 aliphatic carbocycles. The van der Waals surface area contributed by atoms with E-state index in [1.807, 2.05) is 0 Å². The lowest BCUT2D eigenvalue weighted by atomic mass is 9.83. The highest BCUT2D eigenvalue weighted by Crippen LogP contribution is 2.27. The fourth-order valence-electron chi connectivity index (χ4n) is 2.56. The van der Waals surface area contributed by atoms with Crippen LogP contribution in [0.2, 0.25) is 0 Å². The van der Waals surface area contributed by atoms with E-state index in [0.29, 0.717) is 12.5 Å². The van der Waals surface area contributed by atoms with Crippen LogP contribution >= 0.6 is 0 Å². The van der Waals surface area contributed by atoms with Crippen LogP contribution < -0.4 is 5.32 Å². The summed E-state index contributed by atoms with van der Waals surface area (Å²) in [6.45, 7) is 2.70. The second kappa shape index (κ2) is 6.29. The van der Waals surface area contributed by atoms with E-state index in [9.17, 15) is 18.0 Å². The van der Waals surface area contributed by atoms with Crippen molar-refractivity contribution in [2.45, 2.75) is 32.6 Å². The maximum atomic E-state index is 13.0. The van der Waals surface area contributed by atoms with Crippen molar-refractivity contribution in [1.29, 1.82) is 0 Å². The monoisotopic (exact) mass is 285 g/mol. The van der Waals surface area contributed by atoms with Crippen molar-refractivity contribution in [1.82, 2.24) is 5.32 Å². The molecule has 1 N–H and O–H groups in total. The van der Waals surface area contributed by atoms with Crippen LogP contribution in [0.3, 0.4) is 0 Å². The van der Waals surface area contributed by atoms with Gasteiger partial charge in [0.05, 0.1) is 0 Å². The maximum absolute atomic E-state index is 13.0. The highest BCUT2D eigenvalue weighted by atomic mass is 19.2. The third kappa shape index (κ3) is 3.52. The zero-order chi connectivity index (χ0) is 14.7. The molecule has 2 nitrogen and oxygen atoms in total. The number of hydrogen-bond donors (Lipinski definition) is 1. The molecule has 1 aromatic rings. The quantitative estimate of drug-likeness (QED) is 0.844. The first-order valence-electron chi connectivity index (χ1n) is 6.90. The highest BCUT2D eigenvalue weighted by molar-refractivity contribution is 5.94. The van der Waals surface area contributed by atoms with Crippen LogP contribution in [0.15, 0.2) is 12.1 Å². The fraction of sp³-hybridized carbons (Fsp3) is 0.533. The van der Waals surface area contributed by atoms with E-state index >= 15 is 0 Å². The van der Waals surface area contributed by atoms with E-state index in [-0.39, 0.29) is 5.56 Å². The summed E-state index contributed by atoms with van der Waals surface area (Å²) >= 11 is 0. The van der Waals surface area contributed by atoms with Gasteiger partial charge in [0.25, 0.3) is 5.91 Å². The van der Waals surface area contributed by atoms with Gasteiger partial charge in [-0.05, 0) is 36.8 Å². The van der Waals surface area contributed by atoms with Crippen molar-refractivity contribution >= 4 is 5.91 Å². The molecule has 0 aromatic heterocycles. The molecule has 0 unspecified atom stereocenters. The van der Waals surface area contributed by atoms with Gasteiger partial charge in [-0.2, -0.15) is 0 Å². The fourth-order valence-corrected chi connectivity index (χ4v) is 2.56. The zero-order valence-electron chi connectivity index (χ0n) is 11.4. The summed E-state index contributed by atoms with van der Waals surface area (Å²) in [6, 6.07) is 1.44. The van der Waals surface area contributed by atoms with Gasteiger partial charge in [0.15, 0.2) is 17.5 Å². The van der Waals surface area contributed by atoms with Crippen molar-refractivity contribution in [3.8, 4) is 0 Å². The molecule has 20 heavy (non-hydrogen) atoms. The number of carbonyl (C=O) groups excluding carboxylic acids is 1. The molecule has 0 atom stereocenters. The molecule has 0 bridgehead atoms. The van der Waals surface area contributed by atoms with Gasteiger partial charge in [0, 0.05) is 12.1 Å². The number of amides is 1. The second-order valence-corrected chi connectivity index (χ2v) is 5.59. The lowest BCUT2D eigenvalue weighted by Crippen LogP contribution is -2.31. The number of carbonyl (C=O) groups is 1. The summed E-state index contributed by atoms with van der Waals surface area (Å²) in [6.07, 6.45) is 4.38. The summed E-state index contributed by atoms with van der Waals surface area (Å²) in [5.41, 5.74) is -0.189. The van der Waals surface area contributed by atoms with Crippen LogP contribution in [-0.2, 0) is 0 Å². The van der Waals surface area contributed by atoms with Crippen LogP contribution in [0.4, 0.5) is 13.2 Å².